The van der Waals surface area contributed by atoms with E-state index in [-0.39, 0.29) is 5.56 Å². The number of carbonyl (C=O) groups is 4. The predicted octanol–water partition coefficient (Wildman–Crippen LogP) is 0.173. The van der Waals surface area contributed by atoms with E-state index in [0.29, 0.717) is 10.2 Å². The highest BCUT2D eigenvalue weighted by atomic mass is 79.9. The lowest BCUT2D eigenvalue weighted by molar-refractivity contribution is -0.121. The van der Waals surface area contributed by atoms with Crippen LogP contribution < -0.4 is 16.0 Å². The van der Waals surface area contributed by atoms with Crippen molar-refractivity contribution in [1.29, 1.82) is 0 Å². The molecule has 1 aliphatic rings. The first kappa shape index (κ1) is 13.2. The van der Waals surface area contributed by atoms with Crippen LogP contribution in [-0.4, -0.2) is 30.2 Å². The Morgan fingerprint density at radius 3 is 2.63 bits per heavy atom. The van der Waals surface area contributed by atoms with Gasteiger partial charge in [-0.05, 0) is 28.1 Å². The average molecular weight is 326 g/mol. The van der Waals surface area contributed by atoms with Crippen LogP contribution in [0.25, 0.3) is 0 Å². The Balaban J connectivity index is 2.32. The maximum atomic E-state index is 11.8. The first-order chi connectivity index (χ1) is 8.91. The predicted molar refractivity (Wildman–Crippen MR) is 68.6 cm³/mol. The summed E-state index contributed by atoms with van der Waals surface area (Å²) in [7, 11) is 0. The minimum atomic E-state index is -1.02. The number of benzene rings is 1. The number of anilines is 1. The van der Waals surface area contributed by atoms with Gasteiger partial charge in [-0.15, -0.1) is 0 Å². The SMILES string of the molecule is NC(=O)NC(=O)CN1C(=O)C(=O)c2c(Br)cccc21. The van der Waals surface area contributed by atoms with Gasteiger partial charge in [-0.1, -0.05) is 6.07 Å². The number of primary amides is 1. The highest BCUT2D eigenvalue weighted by Crippen LogP contribution is 2.33. The second-order valence-corrected chi connectivity index (χ2v) is 4.62. The van der Waals surface area contributed by atoms with Crippen molar-refractivity contribution in [3.63, 3.8) is 0 Å². The first-order valence-electron chi connectivity index (χ1n) is 5.16. The highest BCUT2D eigenvalue weighted by Gasteiger charge is 2.38. The molecule has 4 amide bonds. The fourth-order valence-electron chi connectivity index (χ4n) is 1.78. The summed E-state index contributed by atoms with van der Waals surface area (Å²) in [4.78, 5) is 46.6. The summed E-state index contributed by atoms with van der Waals surface area (Å²) in [5.74, 6) is -2.28. The van der Waals surface area contributed by atoms with E-state index in [1.165, 1.54) is 0 Å². The van der Waals surface area contributed by atoms with Crippen LogP contribution in [0.2, 0.25) is 0 Å². The van der Waals surface area contributed by atoms with E-state index >= 15 is 0 Å². The number of hydrogen-bond donors (Lipinski definition) is 2. The standard InChI is InChI=1S/C11H8BrN3O4/c12-5-2-1-3-6-8(5)9(17)10(18)15(6)4-7(16)14-11(13)19/h1-3H,4H2,(H3,13,14,16,19). The Morgan fingerprint density at radius 2 is 2.00 bits per heavy atom. The molecule has 0 radical (unpaired) electrons. The zero-order valence-electron chi connectivity index (χ0n) is 9.47. The van der Waals surface area contributed by atoms with Crippen molar-refractivity contribution in [2.75, 3.05) is 11.4 Å². The van der Waals surface area contributed by atoms with Crippen LogP contribution in [0.4, 0.5) is 10.5 Å². The fourth-order valence-corrected chi connectivity index (χ4v) is 2.31. The Kier molecular flexibility index (Phi) is 3.34. The summed E-state index contributed by atoms with van der Waals surface area (Å²) in [6, 6.07) is 3.78. The molecular formula is C11H8BrN3O4. The van der Waals surface area contributed by atoms with Crippen LogP contribution >= 0.6 is 15.9 Å². The first-order valence-corrected chi connectivity index (χ1v) is 5.95. The Bertz CT molecular complexity index is 614. The van der Waals surface area contributed by atoms with Gasteiger partial charge in [-0.25, -0.2) is 4.79 Å². The number of nitrogens with zero attached hydrogens (tertiary/aromatic N) is 1. The normalized spacial score (nSPS) is 13.4. The topological polar surface area (TPSA) is 110 Å². The third kappa shape index (κ3) is 2.34. The number of carbonyl (C=O) groups excluding carboxylic acids is 4. The molecule has 3 N–H and O–H groups in total. The number of hydrogen-bond acceptors (Lipinski definition) is 4. The number of ketones is 1. The summed E-state index contributed by atoms with van der Waals surface area (Å²) in [5, 5.41) is 1.83. The number of Topliss-reactive ketones (excluding diaryl/α,β-unsaturated/α-hetero) is 1. The number of urea groups is 1. The molecule has 0 aliphatic carbocycles. The van der Waals surface area contributed by atoms with Crippen molar-refractivity contribution in [2.45, 2.75) is 0 Å². The van der Waals surface area contributed by atoms with Gasteiger partial charge < -0.3 is 5.73 Å². The third-order valence-electron chi connectivity index (χ3n) is 2.51. The number of imide groups is 1. The van der Waals surface area contributed by atoms with E-state index < -0.39 is 30.2 Å². The third-order valence-corrected chi connectivity index (χ3v) is 3.17. The van der Waals surface area contributed by atoms with Crippen molar-refractivity contribution in [2.24, 2.45) is 5.73 Å². The smallest absolute Gasteiger partial charge is 0.318 e. The van der Waals surface area contributed by atoms with Gasteiger partial charge in [0, 0.05) is 4.47 Å². The Morgan fingerprint density at radius 1 is 1.32 bits per heavy atom. The van der Waals surface area contributed by atoms with Crippen molar-refractivity contribution >= 4 is 45.2 Å². The summed E-state index contributed by atoms with van der Waals surface area (Å²) < 4.78 is 0.473. The monoisotopic (exact) mass is 325 g/mol. The van der Waals surface area contributed by atoms with Crippen molar-refractivity contribution < 1.29 is 19.2 Å². The molecular weight excluding hydrogens is 318 g/mol. The quantitative estimate of drug-likeness (QED) is 0.755. The average Bonchev–Trinajstić information content (AvgIpc) is 2.55. The van der Waals surface area contributed by atoms with E-state index in [1.54, 1.807) is 18.2 Å². The van der Waals surface area contributed by atoms with Crippen LogP contribution in [0.3, 0.4) is 0 Å². The van der Waals surface area contributed by atoms with Crippen LogP contribution in [0.5, 0.6) is 0 Å². The van der Waals surface area contributed by atoms with E-state index in [4.69, 9.17) is 5.73 Å². The lowest BCUT2D eigenvalue weighted by Crippen LogP contribution is -2.44. The van der Waals surface area contributed by atoms with Crippen molar-refractivity contribution in [3.8, 4) is 0 Å². The summed E-state index contributed by atoms with van der Waals surface area (Å²) in [6.07, 6.45) is 0. The zero-order valence-corrected chi connectivity index (χ0v) is 11.1. The van der Waals surface area contributed by atoms with Gasteiger partial charge in [0.2, 0.25) is 5.91 Å². The molecule has 1 heterocycles. The zero-order chi connectivity index (χ0) is 14.2. The van der Waals surface area contributed by atoms with Gasteiger partial charge in [0.1, 0.15) is 6.54 Å². The molecule has 19 heavy (non-hydrogen) atoms. The minimum Gasteiger partial charge on any atom is -0.351 e. The molecule has 0 fully saturated rings. The lowest BCUT2D eigenvalue weighted by atomic mass is 10.1. The van der Waals surface area contributed by atoms with Crippen LogP contribution in [0, 0.1) is 0 Å². The van der Waals surface area contributed by atoms with E-state index in [9.17, 15) is 19.2 Å². The molecule has 7 nitrogen and oxygen atoms in total. The van der Waals surface area contributed by atoms with Gasteiger partial charge in [0.15, 0.2) is 0 Å². The molecule has 0 saturated heterocycles. The van der Waals surface area contributed by atoms with E-state index in [1.807, 2.05) is 5.32 Å². The number of fused-ring (bicyclic) bond motifs is 1. The molecule has 98 valence electrons. The second kappa shape index (κ2) is 4.81. The summed E-state index contributed by atoms with van der Waals surface area (Å²) in [6.45, 7) is -0.447. The molecule has 1 aromatic carbocycles. The van der Waals surface area contributed by atoms with Gasteiger partial charge in [-0.2, -0.15) is 0 Å². The molecule has 1 aliphatic heterocycles. The molecule has 8 heteroatoms. The highest BCUT2D eigenvalue weighted by molar-refractivity contribution is 9.10. The molecule has 1 aromatic rings. The number of nitrogens with one attached hydrogen (secondary N) is 1. The van der Waals surface area contributed by atoms with Crippen LogP contribution in [0.1, 0.15) is 10.4 Å². The molecule has 2 rings (SSSR count). The molecule has 0 aromatic heterocycles. The largest absolute Gasteiger partial charge is 0.351 e. The van der Waals surface area contributed by atoms with Gasteiger partial charge in [-0.3, -0.25) is 24.6 Å². The minimum absolute atomic E-state index is 0.208. The number of amides is 4. The van der Waals surface area contributed by atoms with Crippen molar-refractivity contribution in [1.82, 2.24) is 5.32 Å². The molecule has 0 atom stereocenters. The van der Waals surface area contributed by atoms with E-state index in [2.05, 4.69) is 15.9 Å². The van der Waals surface area contributed by atoms with Gasteiger partial charge in [0.25, 0.3) is 11.7 Å². The van der Waals surface area contributed by atoms with Crippen LogP contribution in [0.15, 0.2) is 22.7 Å². The Labute approximate surface area is 115 Å². The van der Waals surface area contributed by atoms with Crippen molar-refractivity contribution in [3.05, 3.63) is 28.2 Å². The fraction of sp³-hybridized carbons (Fsp3) is 0.0909. The summed E-state index contributed by atoms with van der Waals surface area (Å²) >= 11 is 3.17. The molecule has 0 saturated carbocycles. The number of halogens is 1. The molecule has 0 unspecified atom stereocenters. The van der Waals surface area contributed by atoms with E-state index in [0.717, 1.165) is 4.90 Å². The molecule has 0 bridgehead atoms. The lowest BCUT2D eigenvalue weighted by Gasteiger charge is -2.15. The second-order valence-electron chi connectivity index (χ2n) is 3.77. The number of rotatable bonds is 2. The maximum absolute atomic E-state index is 11.8. The van der Waals surface area contributed by atoms with Crippen LogP contribution in [-0.2, 0) is 9.59 Å². The van der Waals surface area contributed by atoms with Gasteiger partial charge in [0.05, 0.1) is 11.3 Å². The van der Waals surface area contributed by atoms with Gasteiger partial charge >= 0.3 is 6.03 Å². The Hall–Kier alpha value is -2.22. The number of nitrogens with two attached hydrogens (primary N) is 1. The summed E-state index contributed by atoms with van der Waals surface area (Å²) in [5.41, 5.74) is 5.33. The molecule has 0 spiro atoms. The maximum Gasteiger partial charge on any atom is 0.318 e.